The van der Waals surface area contributed by atoms with E-state index in [1.54, 1.807) is 62.6 Å². The third-order valence-electron chi connectivity index (χ3n) is 3.71. The Balaban J connectivity index is 1.96. The van der Waals surface area contributed by atoms with Crippen LogP contribution < -0.4 is 10.1 Å². The van der Waals surface area contributed by atoms with Crippen LogP contribution >= 0.6 is 0 Å². The van der Waals surface area contributed by atoms with Crippen molar-refractivity contribution in [1.82, 2.24) is 0 Å². The van der Waals surface area contributed by atoms with E-state index in [1.807, 2.05) is 0 Å². The second kappa shape index (κ2) is 8.84. The quantitative estimate of drug-likeness (QED) is 0.719. The van der Waals surface area contributed by atoms with Gasteiger partial charge in [-0.3, -0.25) is 9.59 Å². The number of ether oxygens (including phenoxy) is 2. The van der Waals surface area contributed by atoms with Crippen molar-refractivity contribution < 1.29 is 24.2 Å². The third-order valence-corrected chi connectivity index (χ3v) is 3.71. The van der Waals surface area contributed by atoms with Gasteiger partial charge in [0.05, 0.1) is 12.5 Å². The molecule has 6 nitrogen and oxygen atoms in total. The third kappa shape index (κ3) is 5.32. The average molecular weight is 343 g/mol. The molecule has 0 saturated carbocycles. The molecule has 1 amide bonds. The summed E-state index contributed by atoms with van der Waals surface area (Å²) in [5.41, 5.74) is 1.79. The molecule has 0 fully saturated rings. The van der Waals surface area contributed by atoms with E-state index >= 15 is 0 Å². The first-order valence-corrected chi connectivity index (χ1v) is 7.87. The van der Waals surface area contributed by atoms with Crippen LogP contribution in [0.15, 0.2) is 48.5 Å². The molecular weight excluding hydrogens is 322 g/mol. The minimum Gasteiger partial charge on any atom is -0.491 e. The molecule has 0 bridgehead atoms. The number of methoxy groups -OCH3 is 1. The number of carboxylic acids is 1. The molecule has 0 aliphatic heterocycles. The van der Waals surface area contributed by atoms with E-state index in [-0.39, 0.29) is 5.91 Å². The predicted octanol–water partition coefficient (Wildman–Crippen LogP) is 3.15. The monoisotopic (exact) mass is 343 g/mol. The molecular formula is C19H21NO5. The second-order valence-electron chi connectivity index (χ2n) is 5.50. The molecule has 0 spiro atoms. The van der Waals surface area contributed by atoms with Crippen molar-refractivity contribution in [2.45, 2.75) is 12.8 Å². The molecule has 1 unspecified atom stereocenters. The number of nitrogens with one attached hydrogen (secondary N) is 1. The molecule has 2 N–H and O–H groups in total. The van der Waals surface area contributed by atoms with Gasteiger partial charge < -0.3 is 19.9 Å². The van der Waals surface area contributed by atoms with Crippen molar-refractivity contribution in [1.29, 1.82) is 0 Å². The van der Waals surface area contributed by atoms with Crippen LogP contribution in [0, 0.1) is 0 Å². The van der Waals surface area contributed by atoms with Crippen LogP contribution in [-0.2, 0) is 9.53 Å². The number of benzene rings is 2. The van der Waals surface area contributed by atoms with Gasteiger partial charge in [0.25, 0.3) is 5.91 Å². The Kier molecular flexibility index (Phi) is 6.54. The summed E-state index contributed by atoms with van der Waals surface area (Å²) in [4.78, 5) is 23.2. The summed E-state index contributed by atoms with van der Waals surface area (Å²) in [6.07, 6.45) is 0. The minimum absolute atomic E-state index is 0.248. The molecule has 0 aromatic heterocycles. The van der Waals surface area contributed by atoms with Crippen molar-refractivity contribution in [3.05, 3.63) is 59.7 Å². The largest absolute Gasteiger partial charge is 0.491 e. The lowest BCUT2D eigenvalue weighted by atomic mass is 10.0. The van der Waals surface area contributed by atoms with Crippen molar-refractivity contribution in [3.63, 3.8) is 0 Å². The molecule has 0 aliphatic rings. The van der Waals surface area contributed by atoms with Gasteiger partial charge in [0.2, 0.25) is 0 Å². The number of hydrogen-bond donors (Lipinski definition) is 2. The summed E-state index contributed by atoms with van der Waals surface area (Å²) < 4.78 is 10.4. The van der Waals surface area contributed by atoms with Crippen molar-refractivity contribution >= 4 is 17.6 Å². The lowest BCUT2D eigenvalue weighted by molar-refractivity contribution is -0.138. The van der Waals surface area contributed by atoms with Crippen molar-refractivity contribution in [2.75, 3.05) is 25.6 Å². The van der Waals surface area contributed by atoms with E-state index in [0.29, 0.717) is 35.8 Å². The average Bonchev–Trinajstić information content (AvgIpc) is 2.62. The molecule has 0 saturated heterocycles. The Morgan fingerprint density at radius 1 is 1.04 bits per heavy atom. The van der Waals surface area contributed by atoms with Gasteiger partial charge in [0.1, 0.15) is 12.4 Å². The fourth-order valence-electron chi connectivity index (χ4n) is 2.15. The van der Waals surface area contributed by atoms with Crippen molar-refractivity contribution in [3.8, 4) is 5.75 Å². The molecule has 0 aliphatic carbocycles. The zero-order valence-electron chi connectivity index (χ0n) is 14.2. The number of carbonyl (C=O) groups is 2. The van der Waals surface area contributed by atoms with Gasteiger partial charge >= 0.3 is 5.97 Å². The van der Waals surface area contributed by atoms with Gasteiger partial charge in [-0.2, -0.15) is 0 Å². The van der Waals surface area contributed by atoms with Gasteiger partial charge in [-0.25, -0.2) is 0 Å². The van der Waals surface area contributed by atoms with E-state index in [0.717, 1.165) is 0 Å². The fraction of sp³-hybridized carbons (Fsp3) is 0.263. The number of carboxylic acid groups (broad SMARTS) is 1. The SMILES string of the molecule is COCCOc1ccc(C(=O)Nc2ccc(C(C)C(=O)O)cc2)cc1. The second-order valence-corrected chi connectivity index (χ2v) is 5.50. The molecule has 25 heavy (non-hydrogen) atoms. The summed E-state index contributed by atoms with van der Waals surface area (Å²) in [6.45, 7) is 2.56. The first kappa shape index (κ1) is 18.5. The minimum atomic E-state index is -0.885. The molecule has 132 valence electrons. The summed E-state index contributed by atoms with van der Waals surface area (Å²) >= 11 is 0. The lowest BCUT2D eigenvalue weighted by Crippen LogP contribution is -2.12. The molecule has 2 aromatic rings. The molecule has 6 heteroatoms. The summed E-state index contributed by atoms with van der Waals surface area (Å²) in [7, 11) is 1.60. The summed E-state index contributed by atoms with van der Waals surface area (Å²) in [5.74, 6) is -1.05. The van der Waals surface area contributed by atoms with E-state index in [9.17, 15) is 9.59 Å². The zero-order valence-corrected chi connectivity index (χ0v) is 14.2. The molecule has 0 radical (unpaired) electrons. The van der Waals surface area contributed by atoms with Gasteiger partial charge in [-0.1, -0.05) is 12.1 Å². The number of rotatable bonds is 8. The fourth-order valence-corrected chi connectivity index (χ4v) is 2.15. The van der Waals surface area contributed by atoms with E-state index in [1.165, 1.54) is 0 Å². The first-order chi connectivity index (χ1) is 12.0. The lowest BCUT2D eigenvalue weighted by Gasteiger charge is -2.10. The van der Waals surface area contributed by atoms with Crippen LogP contribution in [0.5, 0.6) is 5.75 Å². The highest BCUT2D eigenvalue weighted by Crippen LogP contribution is 2.19. The summed E-state index contributed by atoms with van der Waals surface area (Å²) in [5, 5.41) is 11.8. The predicted molar refractivity (Wildman–Crippen MR) is 94.3 cm³/mol. The summed E-state index contributed by atoms with van der Waals surface area (Å²) in [6, 6.07) is 13.6. The first-order valence-electron chi connectivity index (χ1n) is 7.87. The van der Waals surface area contributed by atoms with Gasteiger partial charge in [-0.05, 0) is 48.9 Å². The maximum absolute atomic E-state index is 12.2. The van der Waals surface area contributed by atoms with Crippen LogP contribution in [0.1, 0.15) is 28.8 Å². The van der Waals surface area contributed by atoms with E-state index in [2.05, 4.69) is 5.32 Å². The van der Waals surface area contributed by atoms with Gasteiger partial charge in [0.15, 0.2) is 0 Å². The van der Waals surface area contributed by atoms with E-state index < -0.39 is 11.9 Å². The van der Waals surface area contributed by atoms with Gasteiger partial charge in [0, 0.05) is 18.4 Å². The topological polar surface area (TPSA) is 84.9 Å². The molecule has 2 aromatic carbocycles. The van der Waals surface area contributed by atoms with Crippen LogP contribution in [0.2, 0.25) is 0 Å². The van der Waals surface area contributed by atoms with Gasteiger partial charge in [-0.15, -0.1) is 0 Å². The van der Waals surface area contributed by atoms with Crippen LogP contribution in [-0.4, -0.2) is 37.3 Å². The smallest absolute Gasteiger partial charge is 0.310 e. The number of carbonyl (C=O) groups excluding carboxylic acids is 1. The Morgan fingerprint density at radius 3 is 2.24 bits per heavy atom. The van der Waals surface area contributed by atoms with Crippen molar-refractivity contribution in [2.24, 2.45) is 0 Å². The standard InChI is InChI=1S/C19H21NO5/c1-13(19(22)23)14-3-7-16(8-4-14)20-18(21)15-5-9-17(10-6-15)25-12-11-24-2/h3-10,13H,11-12H2,1-2H3,(H,20,21)(H,22,23). The molecule has 0 heterocycles. The highest BCUT2D eigenvalue weighted by molar-refractivity contribution is 6.04. The Hall–Kier alpha value is -2.86. The number of hydrogen-bond acceptors (Lipinski definition) is 4. The van der Waals surface area contributed by atoms with Crippen LogP contribution in [0.3, 0.4) is 0 Å². The Labute approximate surface area is 146 Å². The highest BCUT2D eigenvalue weighted by Gasteiger charge is 2.13. The van der Waals surface area contributed by atoms with E-state index in [4.69, 9.17) is 14.6 Å². The van der Waals surface area contributed by atoms with Crippen LogP contribution in [0.4, 0.5) is 5.69 Å². The maximum Gasteiger partial charge on any atom is 0.310 e. The molecule has 1 atom stereocenters. The molecule has 2 rings (SSSR count). The highest BCUT2D eigenvalue weighted by atomic mass is 16.5. The maximum atomic E-state index is 12.2. The van der Waals surface area contributed by atoms with Crippen LogP contribution in [0.25, 0.3) is 0 Å². The zero-order chi connectivity index (χ0) is 18.2. The Morgan fingerprint density at radius 2 is 1.68 bits per heavy atom. The number of aliphatic carboxylic acids is 1. The number of amides is 1. The normalized spacial score (nSPS) is 11.6. The Bertz CT molecular complexity index is 710. The number of anilines is 1.